The smallest absolute Gasteiger partial charge is 0.305 e. The number of aliphatic carboxylic acids is 1. The minimum absolute atomic E-state index is 0.0573. The van der Waals surface area contributed by atoms with Crippen LogP contribution < -0.4 is 5.11 Å². The first kappa shape index (κ1) is 24.9. The molecule has 0 fully saturated rings. The van der Waals surface area contributed by atoms with E-state index < -0.39 is 5.97 Å². The Morgan fingerprint density at radius 1 is 0.692 bits per heavy atom. The normalized spacial score (nSPS) is 11.5. The van der Waals surface area contributed by atoms with Gasteiger partial charge in [0, 0.05) is 12.4 Å². The molecule has 0 atom stereocenters. The number of hydrogen-bond acceptors (Lipinski definition) is 4. The molecule has 0 radical (unpaired) electrons. The SMILES string of the molecule is C[N+](C)(C)CCOC(=O)CCCCCCCCCCCCCCC(=O)[O-]. The molecule has 0 N–H and O–H groups in total. The summed E-state index contributed by atoms with van der Waals surface area (Å²) in [4.78, 5) is 21.9. The number of carbonyl (C=O) groups excluding carboxylic acids is 2. The van der Waals surface area contributed by atoms with Crippen molar-refractivity contribution in [3.63, 3.8) is 0 Å². The number of ether oxygens (including phenoxy) is 1. The van der Waals surface area contributed by atoms with Gasteiger partial charge in [-0.3, -0.25) is 4.79 Å². The van der Waals surface area contributed by atoms with Gasteiger partial charge in [0.25, 0.3) is 0 Å². The van der Waals surface area contributed by atoms with Crippen molar-refractivity contribution in [1.82, 2.24) is 0 Å². The van der Waals surface area contributed by atoms with Crippen molar-refractivity contribution in [2.24, 2.45) is 0 Å². The maximum absolute atomic E-state index is 11.6. The summed E-state index contributed by atoms with van der Waals surface area (Å²) in [6.45, 7) is 1.37. The molecule has 5 nitrogen and oxygen atoms in total. The molecule has 26 heavy (non-hydrogen) atoms. The van der Waals surface area contributed by atoms with E-state index in [2.05, 4.69) is 21.1 Å². The van der Waals surface area contributed by atoms with Crippen molar-refractivity contribution in [3.05, 3.63) is 0 Å². The van der Waals surface area contributed by atoms with Gasteiger partial charge in [-0.1, -0.05) is 64.2 Å². The average molecular weight is 372 g/mol. The first-order valence-corrected chi connectivity index (χ1v) is 10.5. The third-order valence-electron chi connectivity index (χ3n) is 4.54. The molecule has 0 aliphatic carbocycles. The molecule has 0 aromatic heterocycles. The van der Waals surface area contributed by atoms with Crippen LogP contribution in [0.1, 0.15) is 89.9 Å². The fraction of sp³-hybridized carbons (Fsp3) is 0.905. The van der Waals surface area contributed by atoms with Crippen molar-refractivity contribution in [2.45, 2.75) is 89.9 Å². The van der Waals surface area contributed by atoms with Crippen LogP contribution in [0.3, 0.4) is 0 Å². The van der Waals surface area contributed by atoms with Crippen molar-refractivity contribution < 1.29 is 23.9 Å². The zero-order chi connectivity index (χ0) is 19.7. The maximum Gasteiger partial charge on any atom is 0.305 e. The van der Waals surface area contributed by atoms with Crippen LogP contribution >= 0.6 is 0 Å². The molecule has 0 rings (SSSR count). The van der Waals surface area contributed by atoms with E-state index in [0.717, 1.165) is 43.1 Å². The van der Waals surface area contributed by atoms with E-state index >= 15 is 0 Å². The lowest BCUT2D eigenvalue weighted by Gasteiger charge is -2.23. The average Bonchev–Trinajstić information content (AvgIpc) is 2.53. The lowest BCUT2D eigenvalue weighted by atomic mass is 10.0. The number of carbonyl (C=O) groups is 2. The summed E-state index contributed by atoms with van der Waals surface area (Å²) in [7, 11) is 6.27. The number of quaternary nitrogens is 1. The van der Waals surface area contributed by atoms with Gasteiger partial charge in [0.05, 0.1) is 21.1 Å². The van der Waals surface area contributed by atoms with E-state index in [1.54, 1.807) is 0 Å². The van der Waals surface area contributed by atoms with Crippen LogP contribution in [-0.4, -0.2) is 50.7 Å². The van der Waals surface area contributed by atoms with Crippen molar-refractivity contribution in [3.8, 4) is 0 Å². The number of nitrogens with zero attached hydrogens (tertiary/aromatic N) is 1. The first-order chi connectivity index (χ1) is 12.3. The summed E-state index contributed by atoms with van der Waals surface area (Å²) in [5.41, 5.74) is 0. The third kappa shape index (κ3) is 20.9. The standard InChI is InChI=1S/C21H41NO4/c1-22(2,3)18-19-26-21(25)17-15-13-11-9-7-5-4-6-8-10-12-14-16-20(23)24/h4-19H2,1-3H3. The Labute approximate surface area is 160 Å². The predicted octanol–water partition coefficient (Wildman–Crippen LogP) is 3.45. The lowest BCUT2D eigenvalue weighted by molar-refractivity contribution is -0.870. The van der Waals surface area contributed by atoms with E-state index in [1.165, 1.54) is 44.9 Å². The number of unbranched alkanes of at least 4 members (excludes halogenated alkanes) is 11. The van der Waals surface area contributed by atoms with Gasteiger partial charge in [0.15, 0.2) is 0 Å². The van der Waals surface area contributed by atoms with Crippen LogP contribution in [-0.2, 0) is 14.3 Å². The molecule has 0 spiro atoms. The van der Waals surface area contributed by atoms with Gasteiger partial charge in [0.2, 0.25) is 0 Å². The maximum atomic E-state index is 11.6. The molecule has 0 heterocycles. The Morgan fingerprint density at radius 2 is 1.08 bits per heavy atom. The molecular weight excluding hydrogens is 330 g/mol. The third-order valence-corrected chi connectivity index (χ3v) is 4.54. The van der Waals surface area contributed by atoms with E-state index in [9.17, 15) is 14.7 Å². The lowest BCUT2D eigenvalue weighted by Crippen LogP contribution is -2.37. The van der Waals surface area contributed by atoms with Gasteiger partial charge < -0.3 is 19.1 Å². The Balaban J connectivity index is 3.19. The summed E-state index contributed by atoms with van der Waals surface area (Å²) in [5, 5.41) is 10.3. The van der Waals surface area contributed by atoms with Crippen LogP contribution in [0.15, 0.2) is 0 Å². The Kier molecular flexibility index (Phi) is 15.4. The van der Waals surface area contributed by atoms with Gasteiger partial charge >= 0.3 is 5.97 Å². The molecular formula is C21H41NO4. The molecule has 0 amide bonds. The molecule has 0 aromatic carbocycles. The first-order valence-electron chi connectivity index (χ1n) is 10.5. The zero-order valence-corrected chi connectivity index (χ0v) is 17.4. The topological polar surface area (TPSA) is 66.4 Å². The molecule has 0 aromatic rings. The van der Waals surface area contributed by atoms with Crippen LogP contribution in [0, 0.1) is 0 Å². The van der Waals surface area contributed by atoms with Gasteiger partial charge in [0.1, 0.15) is 13.2 Å². The number of esters is 1. The minimum atomic E-state index is -0.929. The van der Waals surface area contributed by atoms with Gasteiger partial charge in [-0.25, -0.2) is 0 Å². The Morgan fingerprint density at radius 3 is 1.46 bits per heavy atom. The second kappa shape index (κ2) is 16.1. The highest BCUT2D eigenvalue weighted by Crippen LogP contribution is 2.13. The van der Waals surface area contributed by atoms with Gasteiger partial charge in [-0.05, 0) is 19.3 Å². The number of hydrogen-bond donors (Lipinski definition) is 0. The molecule has 5 heteroatoms. The Bertz CT molecular complexity index is 364. The van der Waals surface area contributed by atoms with Crippen molar-refractivity contribution >= 4 is 11.9 Å². The number of carboxylic acids is 1. The van der Waals surface area contributed by atoms with E-state index in [-0.39, 0.29) is 12.4 Å². The van der Waals surface area contributed by atoms with Crippen LogP contribution in [0.4, 0.5) is 0 Å². The summed E-state index contributed by atoms with van der Waals surface area (Å²) < 4.78 is 6.07. The molecule has 154 valence electrons. The van der Waals surface area contributed by atoms with E-state index in [4.69, 9.17) is 4.74 Å². The number of carboxylic acid groups (broad SMARTS) is 1. The molecule has 0 bridgehead atoms. The molecule has 0 unspecified atom stereocenters. The number of rotatable bonds is 18. The second-order valence-electron chi connectivity index (χ2n) is 8.35. The molecule has 0 saturated heterocycles. The highest BCUT2D eigenvalue weighted by atomic mass is 16.5. The zero-order valence-electron chi connectivity index (χ0n) is 17.4. The summed E-state index contributed by atoms with van der Waals surface area (Å²) in [6.07, 6.45) is 14.5. The van der Waals surface area contributed by atoms with Crippen LogP contribution in [0.5, 0.6) is 0 Å². The summed E-state index contributed by atoms with van der Waals surface area (Å²) in [5.74, 6) is -0.986. The highest BCUT2D eigenvalue weighted by Gasteiger charge is 2.09. The molecule has 0 aliphatic heterocycles. The summed E-state index contributed by atoms with van der Waals surface area (Å²) >= 11 is 0. The molecule has 0 saturated carbocycles. The minimum Gasteiger partial charge on any atom is -0.550 e. The highest BCUT2D eigenvalue weighted by molar-refractivity contribution is 5.69. The Hall–Kier alpha value is -1.10. The second-order valence-corrected chi connectivity index (χ2v) is 8.35. The summed E-state index contributed by atoms with van der Waals surface area (Å²) in [6, 6.07) is 0. The quantitative estimate of drug-likeness (QED) is 0.210. The van der Waals surface area contributed by atoms with Crippen molar-refractivity contribution in [2.75, 3.05) is 34.3 Å². The predicted molar refractivity (Wildman–Crippen MR) is 104 cm³/mol. The fourth-order valence-corrected chi connectivity index (χ4v) is 2.81. The van der Waals surface area contributed by atoms with E-state index in [0.29, 0.717) is 13.0 Å². The van der Waals surface area contributed by atoms with Gasteiger partial charge in [-0.15, -0.1) is 0 Å². The monoisotopic (exact) mass is 371 g/mol. The van der Waals surface area contributed by atoms with Crippen molar-refractivity contribution in [1.29, 1.82) is 0 Å². The largest absolute Gasteiger partial charge is 0.550 e. The molecule has 0 aliphatic rings. The van der Waals surface area contributed by atoms with Crippen LogP contribution in [0.25, 0.3) is 0 Å². The van der Waals surface area contributed by atoms with Crippen LogP contribution in [0.2, 0.25) is 0 Å². The number of likely N-dealkylation sites (N-methyl/N-ethyl adjacent to an activating group) is 1. The van der Waals surface area contributed by atoms with Gasteiger partial charge in [-0.2, -0.15) is 0 Å². The van der Waals surface area contributed by atoms with E-state index in [1.807, 2.05) is 0 Å². The fourth-order valence-electron chi connectivity index (χ4n) is 2.81.